The number of amides is 1. The van der Waals surface area contributed by atoms with Crippen molar-refractivity contribution in [3.63, 3.8) is 0 Å². The normalized spacial score (nSPS) is 10.9. The van der Waals surface area contributed by atoms with Gasteiger partial charge in [-0.3, -0.25) is 4.79 Å². The average Bonchev–Trinajstić information content (AvgIpc) is 2.61. The van der Waals surface area contributed by atoms with E-state index in [0.717, 1.165) is 17.7 Å². The maximum Gasteiger partial charge on any atom is 0.271 e. The van der Waals surface area contributed by atoms with Gasteiger partial charge in [-0.25, -0.2) is 5.43 Å². The molecule has 4 heteroatoms. The van der Waals surface area contributed by atoms with Crippen molar-refractivity contribution >= 4 is 11.6 Å². The predicted molar refractivity (Wildman–Crippen MR) is 92.9 cm³/mol. The minimum absolute atomic E-state index is 0.248. The van der Waals surface area contributed by atoms with Crippen LogP contribution >= 0.6 is 0 Å². The van der Waals surface area contributed by atoms with Gasteiger partial charge in [0.25, 0.3) is 5.91 Å². The molecule has 23 heavy (non-hydrogen) atoms. The van der Waals surface area contributed by atoms with Crippen molar-refractivity contribution in [2.45, 2.75) is 13.3 Å². The number of hydrogen-bond donors (Lipinski definition) is 1. The molecule has 0 aliphatic rings. The number of carbonyl (C=O) groups excluding carboxylic acids is 1. The van der Waals surface area contributed by atoms with E-state index in [2.05, 4.69) is 17.1 Å². The number of nitrogens with one attached hydrogen (secondary N) is 1. The standard InChI is InChI=1S/C19H20N2O2/c1-3-14-23-17-12-10-16(11-13-17)19(22)21-20-18(4-2)15-8-6-5-7-9-15/h3,5-13H,1,4,14H2,2H3,(H,21,22)/b20-18+. The molecule has 0 bridgehead atoms. The second-order valence-electron chi connectivity index (χ2n) is 4.84. The molecule has 0 aromatic heterocycles. The summed E-state index contributed by atoms with van der Waals surface area (Å²) in [4.78, 5) is 12.1. The van der Waals surface area contributed by atoms with Crippen LogP contribution in [0.15, 0.2) is 72.4 Å². The summed E-state index contributed by atoms with van der Waals surface area (Å²) >= 11 is 0. The van der Waals surface area contributed by atoms with E-state index in [1.54, 1.807) is 30.3 Å². The molecule has 1 N–H and O–H groups in total. The molecule has 0 aliphatic heterocycles. The predicted octanol–water partition coefficient (Wildman–Crippen LogP) is 3.80. The van der Waals surface area contributed by atoms with Gasteiger partial charge in [0, 0.05) is 5.56 Å². The minimum Gasteiger partial charge on any atom is -0.490 e. The summed E-state index contributed by atoms with van der Waals surface area (Å²) in [7, 11) is 0. The van der Waals surface area contributed by atoms with Gasteiger partial charge in [0.1, 0.15) is 12.4 Å². The zero-order valence-electron chi connectivity index (χ0n) is 13.2. The molecular weight excluding hydrogens is 288 g/mol. The molecule has 0 atom stereocenters. The monoisotopic (exact) mass is 308 g/mol. The molecule has 118 valence electrons. The Morgan fingerprint density at radius 1 is 1.13 bits per heavy atom. The summed E-state index contributed by atoms with van der Waals surface area (Å²) in [6, 6.07) is 16.7. The lowest BCUT2D eigenvalue weighted by molar-refractivity contribution is 0.0955. The molecule has 0 heterocycles. The highest BCUT2D eigenvalue weighted by Crippen LogP contribution is 2.12. The smallest absolute Gasteiger partial charge is 0.271 e. The Kier molecular flexibility index (Phi) is 6.12. The van der Waals surface area contributed by atoms with Crippen LogP contribution in [0.25, 0.3) is 0 Å². The van der Waals surface area contributed by atoms with Gasteiger partial charge < -0.3 is 4.74 Å². The number of ether oxygens (including phenoxy) is 1. The molecule has 0 radical (unpaired) electrons. The summed E-state index contributed by atoms with van der Waals surface area (Å²) in [5.74, 6) is 0.450. The van der Waals surface area contributed by atoms with Crippen LogP contribution in [0.2, 0.25) is 0 Å². The maximum absolute atomic E-state index is 12.1. The Morgan fingerprint density at radius 2 is 1.83 bits per heavy atom. The van der Waals surface area contributed by atoms with Crippen molar-refractivity contribution in [3.05, 3.63) is 78.4 Å². The van der Waals surface area contributed by atoms with Crippen LogP contribution in [0.1, 0.15) is 29.3 Å². The van der Waals surface area contributed by atoms with E-state index in [9.17, 15) is 4.79 Å². The molecule has 1 amide bonds. The fourth-order valence-electron chi connectivity index (χ4n) is 2.02. The fourth-order valence-corrected chi connectivity index (χ4v) is 2.02. The van der Waals surface area contributed by atoms with Gasteiger partial charge >= 0.3 is 0 Å². The Bertz CT molecular complexity index is 676. The topological polar surface area (TPSA) is 50.7 Å². The highest BCUT2D eigenvalue weighted by molar-refractivity contribution is 6.02. The van der Waals surface area contributed by atoms with E-state index in [4.69, 9.17) is 4.74 Å². The third kappa shape index (κ3) is 4.81. The molecule has 4 nitrogen and oxygen atoms in total. The molecule has 0 saturated carbocycles. The van der Waals surface area contributed by atoms with Crippen LogP contribution in [0.5, 0.6) is 5.75 Å². The zero-order valence-corrected chi connectivity index (χ0v) is 13.2. The van der Waals surface area contributed by atoms with Gasteiger partial charge in [0.05, 0.1) is 5.71 Å². The van der Waals surface area contributed by atoms with Crippen molar-refractivity contribution in [2.75, 3.05) is 6.61 Å². The molecule has 0 unspecified atom stereocenters. The zero-order chi connectivity index (χ0) is 16.5. The van der Waals surface area contributed by atoms with E-state index in [1.165, 1.54) is 0 Å². The number of carbonyl (C=O) groups is 1. The first-order chi connectivity index (χ1) is 11.2. The minimum atomic E-state index is -0.248. The summed E-state index contributed by atoms with van der Waals surface area (Å²) in [5, 5.41) is 4.23. The van der Waals surface area contributed by atoms with Gasteiger partial charge in [-0.05, 0) is 36.2 Å². The molecular formula is C19H20N2O2. The van der Waals surface area contributed by atoms with E-state index in [0.29, 0.717) is 17.9 Å². The number of hydrogen-bond acceptors (Lipinski definition) is 3. The second kappa shape index (κ2) is 8.54. The average molecular weight is 308 g/mol. The van der Waals surface area contributed by atoms with Crippen LogP contribution < -0.4 is 10.2 Å². The third-order valence-corrected chi connectivity index (χ3v) is 3.22. The van der Waals surface area contributed by atoms with Crippen molar-refractivity contribution in [1.82, 2.24) is 5.43 Å². The van der Waals surface area contributed by atoms with E-state index in [1.807, 2.05) is 37.3 Å². The molecule has 2 rings (SSSR count). The Balaban J connectivity index is 2.03. The first-order valence-electron chi connectivity index (χ1n) is 7.50. The number of hydrazone groups is 1. The summed E-state index contributed by atoms with van der Waals surface area (Å²) < 4.78 is 5.39. The van der Waals surface area contributed by atoms with Gasteiger partial charge in [-0.15, -0.1) is 0 Å². The number of benzene rings is 2. The van der Waals surface area contributed by atoms with E-state index in [-0.39, 0.29) is 5.91 Å². The van der Waals surface area contributed by atoms with Crippen molar-refractivity contribution in [2.24, 2.45) is 5.10 Å². The SMILES string of the molecule is C=CCOc1ccc(C(=O)N/N=C(\CC)c2ccccc2)cc1. The summed E-state index contributed by atoms with van der Waals surface area (Å²) in [6.45, 7) is 6.03. The molecule has 2 aromatic rings. The van der Waals surface area contributed by atoms with Gasteiger partial charge in [0.2, 0.25) is 0 Å². The summed E-state index contributed by atoms with van der Waals surface area (Å²) in [5.41, 5.74) is 4.97. The summed E-state index contributed by atoms with van der Waals surface area (Å²) in [6.07, 6.45) is 2.41. The Morgan fingerprint density at radius 3 is 2.43 bits per heavy atom. The van der Waals surface area contributed by atoms with Gasteiger partial charge in [-0.2, -0.15) is 5.10 Å². The fraction of sp³-hybridized carbons (Fsp3) is 0.158. The molecule has 0 aliphatic carbocycles. The molecule has 0 saturated heterocycles. The van der Waals surface area contributed by atoms with Gasteiger partial charge in [-0.1, -0.05) is 49.9 Å². The van der Waals surface area contributed by atoms with E-state index < -0.39 is 0 Å². The quantitative estimate of drug-likeness (QED) is 0.480. The molecule has 0 fully saturated rings. The lowest BCUT2D eigenvalue weighted by Crippen LogP contribution is -2.19. The lowest BCUT2D eigenvalue weighted by atomic mass is 10.1. The second-order valence-corrected chi connectivity index (χ2v) is 4.84. The first-order valence-corrected chi connectivity index (χ1v) is 7.50. The Labute approximate surface area is 136 Å². The highest BCUT2D eigenvalue weighted by atomic mass is 16.5. The van der Waals surface area contributed by atoms with Crippen LogP contribution in [-0.4, -0.2) is 18.2 Å². The largest absolute Gasteiger partial charge is 0.490 e. The molecule has 2 aromatic carbocycles. The number of rotatable bonds is 7. The van der Waals surface area contributed by atoms with Crippen molar-refractivity contribution in [3.8, 4) is 5.75 Å². The van der Waals surface area contributed by atoms with Crippen LogP contribution in [-0.2, 0) is 0 Å². The lowest BCUT2D eigenvalue weighted by Gasteiger charge is -2.06. The first kappa shape index (κ1) is 16.5. The third-order valence-electron chi connectivity index (χ3n) is 3.22. The van der Waals surface area contributed by atoms with Crippen LogP contribution in [0, 0.1) is 0 Å². The highest BCUT2D eigenvalue weighted by Gasteiger charge is 2.06. The van der Waals surface area contributed by atoms with Crippen molar-refractivity contribution < 1.29 is 9.53 Å². The van der Waals surface area contributed by atoms with Gasteiger partial charge in [0.15, 0.2) is 0 Å². The van der Waals surface area contributed by atoms with Crippen LogP contribution in [0.3, 0.4) is 0 Å². The maximum atomic E-state index is 12.1. The molecule has 0 spiro atoms. The Hall–Kier alpha value is -2.88. The van der Waals surface area contributed by atoms with Crippen LogP contribution in [0.4, 0.5) is 0 Å². The van der Waals surface area contributed by atoms with Crippen molar-refractivity contribution in [1.29, 1.82) is 0 Å². The van der Waals surface area contributed by atoms with E-state index >= 15 is 0 Å². The number of nitrogens with zero attached hydrogens (tertiary/aromatic N) is 1.